The molecule has 1 saturated heterocycles. The van der Waals surface area contributed by atoms with Gasteiger partial charge in [-0.1, -0.05) is 13.3 Å². The van der Waals surface area contributed by atoms with E-state index < -0.39 is 0 Å². The average Bonchev–Trinajstić information content (AvgIpc) is 2.60. The number of rotatable bonds is 5. The third kappa shape index (κ3) is 4.08. The number of carbonyl (C=O) groups is 2. The predicted molar refractivity (Wildman–Crippen MR) is 94.5 cm³/mol. The lowest BCUT2D eigenvalue weighted by Crippen LogP contribution is -2.50. The summed E-state index contributed by atoms with van der Waals surface area (Å²) in [5.41, 5.74) is 2.60. The molecule has 0 unspecified atom stereocenters. The maximum Gasteiger partial charge on any atom is 0.254 e. The van der Waals surface area contributed by atoms with Crippen molar-refractivity contribution in [2.24, 2.45) is 0 Å². The Balaban J connectivity index is 2.00. The van der Waals surface area contributed by atoms with Crippen molar-refractivity contribution in [1.29, 1.82) is 0 Å². The predicted octanol–water partition coefficient (Wildman–Crippen LogP) is 2.79. The van der Waals surface area contributed by atoms with E-state index in [0.717, 1.165) is 35.3 Å². The molecule has 1 aliphatic rings. The van der Waals surface area contributed by atoms with Crippen molar-refractivity contribution in [3.05, 3.63) is 28.8 Å². The van der Waals surface area contributed by atoms with Gasteiger partial charge in [0.2, 0.25) is 5.91 Å². The molecule has 2 amide bonds. The van der Waals surface area contributed by atoms with E-state index in [2.05, 4.69) is 6.92 Å². The number of ether oxygens (including phenoxy) is 1. The van der Waals surface area contributed by atoms with Crippen LogP contribution in [0.3, 0.4) is 0 Å². The molecule has 0 aromatic heterocycles. The lowest BCUT2D eigenvalue weighted by atomic mass is 10.0. The van der Waals surface area contributed by atoms with E-state index in [0.29, 0.717) is 32.6 Å². The van der Waals surface area contributed by atoms with Gasteiger partial charge >= 0.3 is 0 Å². The number of aryl methyl sites for hydroxylation is 2. The zero-order chi connectivity index (χ0) is 17.7. The minimum Gasteiger partial charge on any atom is -0.496 e. The lowest BCUT2D eigenvalue weighted by molar-refractivity contribution is -0.132. The summed E-state index contributed by atoms with van der Waals surface area (Å²) < 4.78 is 5.31. The van der Waals surface area contributed by atoms with Crippen LogP contribution in [-0.4, -0.2) is 54.9 Å². The van der Waals surface area contributed by atoms with Gasteiger partial charge in [0.1, 0.15) is 5.75 Å². The van der Waals surface area contributed by atoms with Crippen molar-refractivity contribution in [1.82, 2.24) is 9.80 Å². The summed E-state index contributed by atoms with van der Waals surface area (Å²) >= 11 is 0. The molecule has 5 heteroatoms. The molecular weight excluding hydrogens is 304 g/mol. The fraction of sp³-hybridized carbons (Fsp3) is 0.579. The number of piperazine rings is 1. The fourth-order valence-corrected chi connectivity index (χ4v) is 3.06. The van der Waals surface area contributed by atoms with Crippen LogP contribution in [0.1, 0.15) is 47.7 Å². The van der Waals surface area contributed by atoms with Gasteiger partial charge in [-0.2, -0.15) is 0 Å². The second kappa shape index (κ2) is 8.18. The Kier molecular flexibility index (Phi) is 6.23. The Morgan fingerprint density at radius 2 is 1.67 bits per heavy atom. The number of benzene rings is 1. The number of carbonyl (C=O) groups excluding carboxylic acids is 2. The molecule has 0 spiro atoms. The minimum absolute atomic E-state index is 0.0407. The molecular formula is C19H28N2O3. The molecule has 1 aromatic carbocycles. The van der Waals surface area contributed by atoms with Gasteiger partial charge in [-0.3, -0.25) is 9.59 Å². The molecule has 1 aromatic rings. The Bertz CT molecular complexity index is 605. The van der Waals surface area contributed by atoms with Crippen LogP contribution in [0, 0.1) is 13.8 Å². The van der Waals surface area contributed by atoms with Crippen molar-refractivity contribution in [3.8, 4) is 5.75 Å². The Morgan fingerprint density at radius 3 is 2.25 bits per heavy atom. The summed E-state index contributed by atoms with van der Waals surface area (Å²) in [4.78, 5) is 28.6. The first-order valence-corrected chi connectivity index (χ1v) is 8.70. The molecule has 0 aliphatic carbocycles. The van der Waals surface area contributed by atoms with Crippen molar-refractivity contribution in [2.75, 3.05) is 33.3 Å². The first kappa shape index (κ1) is 18.3. The van der Waals surface area contributed by atoms with Gasteiger partial charge in [0.25, 0.3) is 5.91 Å². The summed E-state index contributed by atoms with van der Waals surface area (Å²) in [6, 6.07) is 3.81. The third-order valence-corrected chi connectivity index (χ3v) is 4.64. The SMILES string of the molecule is CCCCC(=O)N1CCN(C(=O)c2cc(C)c(OC)cc2C)CC1. The first-order valence-electron chi connectivity index (χ1n) is 8.70. The summed E-state index contributed by atoms with van der Waals surface area (Å²) in [5.74, 6) is 1.05. The number of hydrogen-bond donors (Lipinski definition) is 0. The Hall–Kier alpha value is -2.04. The number of amides is 2. The van der Waals surface area contributed by atoms with E-state index in [1.807, 2.05) is 35.8 Å². The molecule has 2 rings (SSSR count). The van der Waals surface area contributed by atoms with Gasteiger partial charge in [0, 0.05) is 38.2 Å². The second-order valence-electron chi connectivity index (χ2n) is 6.41. The normalized spacial score (nSPS) is 14.7. The third-order valence-electron chi connectivity index (χ3n) is 4.64. The van der Waals surface area contributed by atoms with Crippen LogP contribution in [0.25, 0.3) is 0 Å². The van der Waals surface area contributed by atoms with Crippen LogP contribution < -0.4 is 4.74 Å². The van der Waals surface area contributed by atoms with Gasteiger partial charge < -0.3 is 14.5 Å². The molecule has 5 nitrogen and oxygen atoms in total. The van der Waals surface area contributed by atoms with E-state index in [1.165, 1.54) is 0 Å². The Morgan fingerprint density at radius 1 is 1.04 bits per heavy atom. The summed E-state index contributed by atoms with van der Waals surface area (Å²) in [5, 5.41) is 0. The molecule has 1 aliphatic heterocycles. The first-order chi connectivity index (χ1) is 11.5. The standard InChI is InChI=1S/C19H28N2O3/c1-5-6-7-18(22)20-8-10-21(11-9-20)19(23)16-12-15(3)17(24-4)13-14(16)2/h12-13H,5-11H2,1-4H3. The van der Waals surface area contributed by atoms with E-state index in [-0.39, 0.29) is 11.8 Å². The van der Waals surface area contributed by atoms with Crippen molar-refractivity contribution in [3.63, 3.8) is 0 Å². The lowest BCUT2D eigenvalue weighted by Gasteiger charge is -2.35. The highest BCUT2D eigenvalue weighted by Gasteiger charge is 2.25. The van der Waals surface area contributed by atoms with E-state index in [4.69, 9.17) is 4.74 Å². The molecule has 0 N–H and O–H groups in total. The molecule has 24 heavy (non-hydrogen) atoms. The van der Waals surface area contributed by atoms with Crippen LogP contribution in [-0.2, 0) is 4.79 Å². The molecule has 0 atom stereocenters. The summed E-state index contributed by atoms with van der Waals surface area (Å²) in [6.45, 7) is 8.41. The van der Waals surface area contributed by atoms with Gasteiger partial charge in [-0.15, -0.1) is 0 Å². The number of methoxy groups -OCH3 is 1. The molecule has 1 heterocycles. The van der Waals surface area contributed by atoms with Crippen LogP contribution in [0.2, 0.25) is 0 Å². The van der Waals surface area contributed by atoms with Crippen LogP contribution in [0.4, 0.5) is 0 Å². The Labute approximate surface area is 144 Å². The fourth-order valence-electron chi connectivity index (χ4n) is 3.06. The van der Waals surface area contributed by atoms with Gasteiger partial charge in [-0.25, -0.2) is 0 Å². The zero-order valence-electron chi connectivity index (χ0n) is 15.2. The van der Waals surface area contributed by atoms with Gasteiger partial charge in [0.15, 0.2) is 0 Å². The molecule has 0 bridgehead atoms. The highest BCUT2D eigenvalue weighted by Crippen LogP contribution is 2.24. The topological polar surface area (TPSA) is 49.9 Å². The maximum atomic E-state index is 12.8. The summed E-state index contributed by atoms with van der Waals surface area (Å²) in [7, 11) is 1.64. The average molecular weight is 332 g/mol. The van der Waals surface area contributed by atoms with E-state index in [1.54, 1.807) is 7.11 Å². The number of nitrogens with zero attached hydrogens (tertiary/aromatic N) is 2. The zero-order valence-corrected chi connectivity index (χ0v) is 15.2. The smallest absolute Gasteiger partial charge is 0.254 e. The number of unbranched alkanes of at least 4 members (excludes halogenated alkanes) is 1. The van der Waals surface area contributed by atoms with E-state index >= 15 is 0 Å². The highest BCUT2D eigenvalue weighted by atomic mass is 16.5. The summed E-state index contributed by atoms with van der Waals surface area (Å²) in [6.07, 6.45) is 2.57. The van der Waals surface area contributed by atoms with Crippen LogP contribution >= 0.6 is 0 Å². The van der Waals surface area contributed by atoms with Crippen molar-refractivity contribution >= 4 is 11.8 Å². The van der Waals surface area contributed by atoms with Gasteiger partial charge in [-0.05, 0) is 43.5 Å². The van der Waals surface area contributed by atoms with E-state index in [9.17, 15) is 9.59 Å². The molecule has 0 saturated carbocycles. The quantitative estimate of drug-likeness (QED) is 0.833. The molecule has 132 valence electrons. The van der Waals surface area contributed by atoms with Crippen molar-refractivity contribution in [2.45, 2.75) is 40.0 Å². The monoisotopic (exact) mass is 332 g/mol. The van der Waals surface area contributed by atoms with Crippen LogP contribution in [0.5, 0.6) is 5.75 Å². The maximum absolute atomic E-state index is 12.8. The second-order valence-corrected chi connectivity index (χ2v) is 6.41. The number of hydrogen-bond acceptors (Lipinski definition) is 3. The minimum atomic E-state index is 0.0407. The highest BCUT2D eigenvalue weighted by molar-refractivity contribution is 5.96. The molecule has 0 radical (unpaired) electrons. The van der Waals surface area contributed by atoms with Gasteiger partial charge in [0.05, 0.1) is 7.11 Å². The van der Waals surface area contributed by atoms with Crippen LogP contribution in [0.15, 0.2) is 12.1 Å². The molecule has 1 fully saturated rings. The van der Waals surface area contributed by atoms with Crippen molar-refractivity contribution < 1.29 is 14.3 Å². The largest absolute Gasteiger partial charge is 0.496 e.